The zero-order valence-corrected chi connectivity index (χ0v) is 16.9. The second kappa shape index (κ2) is 7.74. The summed E-state index contributed by atoms with van der Waals surface area (Å²) in [6, 6.07) is 10.8. The molecule has 0 bridgehead atoms. The van der Waals surface area contributed by atoms with Gasteiger partial charge in [-0.3, -0.25) is 4.90 Å². The molecule has 4 rings (SSSR count). The number of hydrogen-bond acceptors (Lipinski definition) is 5. The highest BCUT2D eigenvalue weighted by molar-refractivity contribution is 5.94. The zero-order valence-electron chi connectivity index (χ0n) is 16.9. The number of benzene rings is 1. The van der Waals surface area contributed by atoms with E-state index < -0.39 is 0 Å². The quantitative estimate of drug-likeness (QED) is 0.890. The largest absolute Gasteiger partial charge is 0.379 e. The molecule has 0 radical (unpaired) electrons. The van der Waals surface area contributed by atoms with Crippen LogP contribution >= 0.6 is 0 Å². The maximum absolute atomic E-state index is 5.63. The van der Waals surface area contributed by atoms with Crippen LogP contribution in [-0.2, 0) is 10.2 Å². The summed E-state index contributed by atoms with van der Waals surface area (Å²) in [5.74, 6) is 1.17. The second-order valence-corrected chi connectivity index (χ2v) is 8.28. The van der Waals surface area contributed by atoms with Crippen molar-refractivity contribution in [2.45, 2.75) is 38.3 Å². The minimum Gasteiger partial charge on any atom is -0.379 e. The fraction of sp³-hybridized carbons (Fsp3) is 0.591. The first kappa shape index (κ1) is 18.7. The molecule has 27 heavy (non-hydrogen) atoms. The molecule has 0 amide bonds. The highest BCUT2D eigenvalue weighted by Crippen LogP contribution is 2.36. The van der Waals surface area contributed by atoms with Crippen molar-refractivity contribution in [2.75, 3.05) is 46.4 Å². The lowest BCUT2D eigenvalue weighted by molar-refractivity contribution is -0.00162. The van der Waals surface area contributed by atoms with E-state index in [9.17, 15) is 0 Å². The van der Waals surface area contributed by atoms with Gasteiger partial charge in [-0.2, -0.15) is 0 Å². The number of hydrogen-bond donors (Lipinski definition) is 1. The van der Waals surface area contributed by atoms with E-state index in [0.717, 1.165) is 52.2 Å². The van der Waals surface area contributed by atoms with Crippen molar-refractivity contribution in [3.05, 3.63) is 47.2 Å². The molecule has 146 valence electrons. The lowest BCUT2D eigenvalue weighted by Crippen LogP contribution is -2.58. The standard InChI is InChI=1S/C22H32N4O/c1-22(2,17-7-5-4-6-8-17)21-24-19-10-12-23-11-9-18(19)20(25(21)3)26-13-15-27-16-14-26/h4-8,20,23H,9-16H2,1-3H3. The Bertz CT molecular complexity index is 719. The Balaban J connectivity index is 1.76. The van der Waals surface area contributed by atoms with Crippen molar-refractivity contribution in [1.82, 2.24) is 15.1 Å². The van der Waals surface area contributed by atoms with E-state index in [1.807, 2.05) is 0 Å². The first-order valence-electron chi connectivity index (χ1n) is 10.2. The number of aliphatic imine (C=N–C) groups is 1. The summed E-state index contributed by atoms with van der Waals surface area (Å²) in [4.78, 5) is 10.3. The third kappa shape index (κ3) is 3.56. The molecule has 5 nitrogen and oxygen atoms in total. The van der Waals surface area contributed by atoms with Gasteiger partial charge in [0, 0.05) is 44.2 Å². The third-order valence-corrected chi connectivity index (χ3v) is 6.18. The van der Waals surface area contributed by atoms with Crippen LogP contribution in [0.3, 0.4) is 0 Å². The fourth-order valence-electron chi connectivity index (χ4n) is 4.67. The first-order valence-corrected chi connectivity index (χ1v) is 10.2. The fourth-order valence-corrected chi connectivity index (χ4v) is 4.67. The van der Waals surface area contributed by atoms with E-state index in [0.29, 0.717) is 6.17 Å². The molecule has 5 heteroatoms. The predicted molar refractivity (Wildman–Crippen MR) is 110 cm³/mol. The number of nitrogens with zero attached hydrogens (tertiary/aromatic N) is 3. The van der Waals surface area contributed by atoms with Crippen molar-refractivity contribution >= 4 is 5.84 Å². The van der Waals surface area contributed by atoms with Gasteiger partial charge in [-0.25, -0.2) is 4.99 Å². The van der Waals surface area contributed by atoms with E-state index in [1.54, 1.807) is 0 Å². The molecule has 1 atom stereocenters. The van der Waals surface area contributed by atoms with Crippen LogP contribution in [-0.4, -0.2) is 68.2 Å². The number of likely N-dealkylation sites (N-methyl/N-ethyl adjacent to an activating group) is 1. The molecule has 1 aromatic carbocycles. The Morgan fingerprint density at radius 3 is 2.52 bits per heavy atom. The van der Waals surface area contributed by atoms with Crippen LogP contribution in [0.15, 0.2) is 46.6 Å². The van der Waals surface area contributed by atoms with E-state index in [4.69, 9.17) is 9.73 Å². The number of morpholine rings is 1. The van der Waals surface area contributed by atoms with Crippen LogP contribution in [0.25, 0.3) is 0 Å². The molecule has 1 N–H and O–H groups in total. The third-order valence-electron chi connectivity index (χ3n) is 6.18. The Morgan fingerprint density at radius 2 is 1.78 bits per heavy atom. The van der Waals surface area contributed by atoms with Crippen LogP contribution in [0.5, 0.6) is 0 Å². The van der Waals surface area contributed by atoms with Gasteiger partial charge in [0.25, 0.3) is 0 Å². The van der Waals surface area contributed by atoms with Crippen LogP contribution in [0, 0.1) is 0 Å². The molecule has 1 unspecified atom stereocenters. The van der Waals surface area contributed by atoms with Gasteiger partial charge >= 0.3 is 0 Å². The summed E-state index contributed by atoms with van der Waals surface area (Å²) in [7, 11) is 2.23. The summed E-state index contributed by atoms with van der Waals surface area (Å²) in [6.07, 6.45) is 2.38. The molecular formula is C22H32N4O. The molecule has 0 aliphatic carbocycles. The van der Waals surface area contributed by atoms with Crippen molar-refractivity contribution in [3.8, 4) is 0 Å². The SMILES string of the molecule is CN1C(C(C)(C)c2ccccc2)=NC2=C(CCNCC2)C1N1CCOCC1. The van der Waals surface area contributed by atoms with Crippen molar-refractivity contribution < 1.29 is 4.74 Å². The predicted octanol–water partition coefficient (Wildman–Crippen LogP) is 2.60. The average molecular weight is 369 g/mol. The number of rotatable bonds is 3. The van der Waals surface area contributed by atoms with Crippen molar-refractivity contribution in [2.24, 2.45) is 4.99 Å². The van der Waals surface area contributed by atoms with E-state index in [-0.39, 0.29) is 5.41 Å². The van der Waals surface area contributed by atoms with Gasteiger partial charge < -0.3 is 15.0 Å². The van der Waals surface area contributed by atoms with Gasteiger partial charge in [0.15, 0.2) is 0 Å². The Labute approximate surface area is 163 Å². The van der Waals surface area contributed by atoms with E-state index >= 15 is 0 Å². The maximum atomic E-state index is 5.63. The van der Waals surface area contributed by atoms with Gasteiger partial charge in [0.2, 0.25) is 0 Å². The second-order valence-electron chi connectivity index (χ2n) is 8.28. The smallest absolute Gasteiger partial charge is 0.116 e. The van der Waals surface area contributed by atoms with E-state index in [1.165, 1.54) is 22.7 Å². The minimum atomic E-state index is -0.140. The van der Waals surface area contributed by atoms with E-state index in [2.05, 4.69) is 66.3 Å². The summed E-state index contributed by atoms with van der Waals surface area (Å²) in [5, 5.41) is 3.55. The zero-order chi connectivity index (χ0) is 18.9. The summed E-state index contributed by atoms with van der Waals surface area (Å²) in [5.41, 5.74) is 3.97. The number of nitrogens with one attached hydrogen (secondary N) is 1. The van der Waals surface area contributed by atoms with Crippen LogP contribution in [0.2, 0.25) is 0 Å². The van der Waals surface area contributed by atoms with Gasteiger partial charge in [0.05, 0.1) is 13.2 Å². The molecule has 1 fully saturated rings. The molecule has 0 aromatic heterocycles. The lowest BCUT2D eigenvalue weighted by Gasteiger charge is -2.47. The number of ether oxygens (including phenoxy) is 1. The van der Waals surface area contributed by atoms with Gasteiger partial charge in [0.1, 0.15) is 12.0 Å². The van der Waals surface area contributed by atoms with Gasteiger partial charge in [-0.1, -0.05) is 30.3 Å². The van der Waals surface area contributed by atoms with Crippen LogP contribution in [0.4, 0.5) is 0 Å². The molecule has 3 aliphatic rings. The topological polar surface area (TPSA) is 40.1 Å². The average Bonchev–Trinajstić information content (AvgIpc) is 2.94. The van der Waals surface area contributed by atoms with Crippen molar-refractivity contribution in [3.63, 3.8) is 0 Å². The molecule has 3 heterocycles. The molecule has 3 aliphatic heterocycles. The Hall–Kier alpha value is -1.69. The minimum absolute atomic E-state index is 0.140. The summed E-state index contributed by atoms with van der Waals surface area (Å²) < 4.78 is 5.63. The molecular weight excluding hydrogens is 336 g/mol. The highest BCUT2D eigenvalue weighted by Gasteiger charge is 2.40. The van der Waals surface area contributed by atoms with Crippen molar-refractivity contribution in [1.29, 1.82) is 0 Å². The lowest BCUT2D eigenvalue weighted by atomic mass is 9.81. The first-order chi connectivity index (χ1) is 13.1. The van der Waals surface area contributed by atoms with Crippen LogP contribution in [0.1, 0.15) is 32.3 Å². The normalized spacial score (nSPS) is 25.1. The molecule has 0 spiro atoms. The van der Waals surface area contributed by atoms with Gasteiger partial charge in [-0.05, 0) is 37.9 Å². The highest BCUT2D eigenvalue weighted by atomic mass is 16.5. The monoisotopic (exact) mass is 368 g/mol. The summed E-state index contributed by atoms with van der Waals surface area (Å²) in [6.45, 7) is 10.3. The molecule has 1 aromatic rings. The molecule has 0 saturated carbocycles. The molecule has 1 saturated heterocycles. The maximum Gasteiger partial charge on any atom is 0.116 e. The number of amidine groups is 1. The Kier molecular flexibility index (Phi) is 5.35. The van der Waals surface area contributed by atoms with Crippen LogP contribution < -0.4 is 5.32 Å². The van der Waals surface area contributed by atoms with Gasteiger partial charge in [-0.15, -0.1) is 0 Å². The summed E-state index contributed by atoms with van der Waals surface area (Å²) >= 11 is 0. The Morgan fingerprint density at radius 1 is 1.07 bits per heavy atom.